The van der Waals surface area contributed by atoms with Crippen LogP contribution in [0.4, 0.5) is 0 Å². The second-order valence-electron chi connectivity index (χ2n) is 6.74. The number of ketones is 1. The van der Waals surface area contributed by atoms with Gasteiger partial charge in [0.25, 0.3) is 0 Å². The fourth-order valence-corrected chi connectivity index (χ4v) is 3.58. The highest BCUT2D eigenvalue weighted by atomic mass is 28.3. The molecule has 1 atom stereocenters. The van der Waals surface area contributed by atoms with Crippen LogP contribution in [-0.4, -0.2) is 13.9 Å². The Morgan fingerprint density at radius 1 is 1.31 bits per heavy atom. The van der Waals surface area contributed by atoms with Gasteiger partial charge in [0.2, 0.25) is 0 Å². The SMILES string of the molecule is CC(=CCC1CC2CC(C2)C1=O)[Si](C)(C)C. The molecule has 0 amide bonds. The fraction of sp³-hybridized carbons (Fsp3) is 0.786. The summed E-state index contributed by atoms with van der Waals surface area (Å²) in [7, 11) is -1.12. The third kappa shape index (κ3) is 2.32. The van der Waals surface area contributed by atoms with Crippen LogP contribution in [0, 0.1) is 17.8 Å². The highest BCUT2D eigenvalue weighted by Crippen LogP contribution is 2.46. The average Bonchev–Trinajstić information content (AvgIpc) is 2.12. The molecule has 3 rings (SSSR count). The smallest absolute Gasteiger partial charge is 0.139 e. The zero-order chi connectivity index (χ0) is 11.9. The molecule has 1 unspecified atom stereocenters. The van der Waals surface area contributed by atoms with Crippen molar-refractivity contribution >= 4 is 13.9 Å². The number of hydrogen-bond donors (Lipinski definition) is 0. The van der Waals surface area contributed by atoms with Crippen LogP contribution in [0.3, 0.4) is 0 Å². The summed E-state index contributed by atoms with van der Waals surface area (Å²) in [5, 5.41) is 1.56. The second-order valence-corrected chi connectivity index (χ2v) is 12.0. The van der Waals surface area contributed by atoms with E-state index < -0.39 is 8.07 Å². The van der Waals surface area contributed by atoms with Gasteiger partial charge in [0.15, 0.2) is 0 Å². The molecule has 1 nitrogen and oxygen atoms in total. The molecule has 3 fully saturated rings. The maximum absolute atomic E-state index is 12.0. The standard InChI is InChI=1S/C14H24OSi/c1-10(16(2,3)4)5-6-12-7-11-8-13(9-11)14(12)15/h5,11-13H,6-9H2,1-4H3. The van der Waals surface area contributed by atoms with E-state index in [1.165, 1.54) is 19.3 Å². The van der Waals surface area contributed by atoms with Crippen LogP contribution in [-0.2, 0) is 4.79 Å². The van der Waals surface area contributed by atoms with Crippen molar-refractivity contribution < 1.29 is 4.79 Å². The van der Waals surface area contributed by atoms with E-state index in [2.05, 4.69) is 32.6 Å². The molecule has 3 aliphatic rings. The maximum atomic E-state index is 12.0. The highest BCUT2D eigenvalue weighted by molar-refractivity contribution is 6.82. The molecule has 0 heterocycles. The normalized spacial score (nSPS) is 34.9. The summed E-state index contributed by atoms with van der Waals surface area (Å²) in [6.07, 6.45) is 6.95. The average molecular weight is 236 g/mol. The zero-order valence-corrected chi connectivity index (χ0v) is 12.0. The number of carbonyl (C=O) groups excluding carboxylic acids is 1. The molecule has 90 valence electrons. The first kappa shape index (κ1) is 12.1. The molecule has 0 aliphatic heterocycles. The van der Waals surface area contributed by atoms with Crippen molar-refractivity contribution in [2.45, 2.75) is 52.2 Å². The van der Waals surface area contributed by atoms with E-state index in [1.54, 1.807) is 5.20 Å². The number of Topliss-reactive ketones (excluding diaryl/α,β-unsaturated/α-hetero) is 1. The van der Waals surface area contributed by atoms with Crippen LogP contribution < -0.4 is 0 Å². The first-order valence-electron chi connectivity index (χ1n) is 6.59. The molecule has 0 aromatic heterocycles. The van der Waals surface area contributed by atoms with Crippen LogP contribution >= 0.6 is 0 Å². The first-order chi connectivity index (χ1) is 7.38. The number of carbonyl (C=O) groups is 1. The third-order valence-electron chi connectivity index (χ3n) is 4.55. The molecular formula is C14H24OSi. The number of rotatable bonds is 3. The van der Waals surface area contributed by atoms with Crippen molar-refractivity contribution in [3.63, 3.8) is 0 Å². The Bertz CT molecular complexity index is 318. The van der Waals surface area contributed by atoms with Gasteiger partial charge in [-0.15, -0.1) is 0 Å². The third-order valence-corrected chi connectivity index (χ3v) is 7.12. The number of hydrogen-bond acceptors (Lipinski definition) is 1. The van der Waals surface area contributed by atoms with E-state index in [9.17, 15) is 4.79 Å². The van der Waals surface area contributed by atoms with E-state index in [0.29, 0.717) is 17.6 Å². The highest BCUT2D eigenvalue weighted by Gasteiger charge is 2.44. The van der Waals surface area contributed by atoms with E-state index >= 15 is 0 Å². The lowest BCUT2D eigenvalue weighted by Crippen LogP contribution is -2.42. The van der Waals surface area contributed by atoms with Gasteiger partial charge in [-0.25, -0.2) is 0 Å². The Hall–Kier alpha value is -0.373. The molecule has 3 saturated carbocycles. The predicted octanol–water partition coefficient (Wildman–Crippen LogP) is 3.82. The molecule has 16 heavy (non-hydrogen) atoms. The van der Waals surface area contributed by atoms with E-state index in [-0.39, 0.29) is 0 Å². The lowest BCUT2D eigenvalue weighted by Gasteiger charge is -2.43. The summed E-state index contributed by atoms with van der Waals surface area (Å²) in [6.45, 7) is 9.37. The monoisotopic (exact) mass is 236 g/mol. The van der Waals surface area contributed by atoms with Crippen LogP contribution in [0.15, 0.2) is 11.3 Å². The lowest BCUT2D eigenvalue weighted by atomic mass is 9.60. The Balaban J connectivity index is 1.93. The van der Waals surface area contributed by atoms with Gasteiger partial charge in [-0.1, -0.05) is 30.9 Å². The number of allylic oxidation sites excluding steroid dienone is 2. The largest absolute Gasteiger partial charge is 0.299 e. The van der Waals surface area contributed by atoms with Crippen molar-refractivity contribution in [2.75, 3.05) is 0 Å². The van der Waals surface area contributed by atoms with Crippen molar-refractivity contribution in [2.24, 2.45) is 17.8 Å². The Morgan fingerprint density at radius 2 is 1.94 bits per heavy atom. The Kier molecular flexibility index (Phi) is 3.13. The topological polar surface area (TPSA) is 17.1 Å². The van der Waals surface area contributed by atoms with Gasteiger partial charge >= 0.3 is 0 Å². The molecule has 2 heteroatoms. The Labute approximate surface area is 100 Å². The summed E-state index contributed by atoms with van der Waals surface area (Å²) < 4.78 is 0. The van der Waals surface area contributed by atoms with Crippen molar-refractivity contribution in [1.29, 1.82) is 0 Å². The number of fused-ring (bicyclic) bond motifs is 2. The minimum Gasteiger partial charge on any atom is -0.299 e. The molecule has 0 saturated heterocycles. The van der Waals surface area contributed by atoms with Gasteiger partial charge in [0.1, 0.15) is 5.78 Å². The molecule has 0 aromatic carbocycles. The van der Waals surface area contributed by atoms with Gasteiger partial charge in [0.05, 0.1) is 8.07 Å². The van der Waals surface area contributed by atoms with Crippen LogP contribution in [0.2, 0.25) is 19.6 Å². The Morgan fingerprint density at radius 3 is 2.44 bits per heavy atom. The fourth-order valence-electron chi connectivity index (χ4n) is 2.85. The summed E-state index contributed by atoms with van der Waals surface area (Å²) in [5.41, 5.74) is 0. The molecule has 0 aromatic rings. The van der Waals surface area contributed by atoms with Crippen molar-refractivity contribution in [3.05, 3.63) is 11.3 Å². The minimum absolute atomic E-state index is 0.365. The summed E-state index contributed by atoms with van der Waals surface area (Å²) in [6, 6.07) is 0. The summed E-state index contributed by atoms with van der Waals surface area (Å²) >= 11 is 0. The van der Waals surface area contributed by atoms with Crippen molar-refractivity contribution in [1.82, 2.24) is 0 Å². The zero-order valence-electron chi connectivity index (χ0n) is 11.0. The molecule has 2 bridgehead atoms. The minimum atomic E-state index is -1.12. The van der Waals surface area contributed by atoms with Crippen LogP contribution in [0.5, 0.6) is 0 Å². The molecular weight excluding hydrogens is 212 g/mol. The summed E-state index contributed by atoms with van der Waals surface area (Å²) in [5.74, 6) is 2.27. The molecule has 0 N–H and O–H groups in total. The van der Waals surface area contributed by atoms with Crippen LogP contribution in [0.25, 0.3) is 0 Å². The van der Waals surface area contributed by atoms with Gasteiger partial charge in [0, 0.05) is 11.8 Å². The summed E-state index contributed by atoms with van der Waals surface area (Å²) in [4.78, 5) is 12.0. The quantitative estimate of drug-likeness (QED) is 0.681. The van der Waals surface area contributed by atoms with Gasteiger partial charge in [-0.2, -0.15) is 0 Å². The lowest BCUT2D eigenvalue weighted by molar-refractivity contribution is -0.137. The van der Waals surface area contributed by atoms with E-state index in [0.717, 1.165) is 12.3 Å². The first-order valence-corrected chi connectivity index (χ1v) is 10.1. The van der Waals surface area contributed by atoms with Gasteiger partial charge in [-0.3, -0.25) is 4.79 Å². The second kappa shape index (κ2) is 4.14. The maximum Gasteiger partial charge on any atom is 0.139 e. The molecule has 3 aliphatic carbocycles. The van der Waals surface area contributed by atoms with E-state index in [4.69, 9.17) is 0 Å². The van der Waals surface area contributed by atoms with Crippen LogP contribution in [0.1, 0.15) is 32.6 Å². The van der Waals surface area contributed by atoms with Gasteiger partial charge < -0.3 is 0 Å². The molecule has 0 radical (unpaired) electrons. The molecule has 0 spiro atoms. The predicted molar refractivity (Wildman–Crippen MR) is 71.0 cm³/mol. The van der Waals surface area contributed by atoms with E-state index in [1.807, 2.05) is 0 Å². The van der Waals surface area contributed by atoms with Crippen molar-refractivity contribution in [3.8, 4) is 0 Å². The van der Waals surface area contributed by atoms with Gasteiger partial charge in [-0.05, 0) is 38.5 Å².